The van der Waals surface area contributed by atoms with Crippen LogP contribution in [0.3, 0.4) is 0 Å². The van der Waals surface area contributed by atoms with E-state index < -0.39 is 0 Å². The molecule has 246 valence electrons. The first-order valence-corrected chi connectivity index (χ1v) is 15.7. The first-order valence-electron chi connectivity index (χ1n) is 15.7. The van der Waals surface area contributed by atoms with Crippen LogP contribution in [0.2, 0.25) is 0 Å². The number of hydrogen-bond donors (Lipinski definition) is 0. The number of aromatic nitrogens is 10. The molecule has 0 unspecified atom stereocenters. The van der Waals surface area contributed by atoms with Gasteiger partial charge in [-0.1, -0.05) is 54.0 Å². The van der Waals surface area contributed by atoms with E-state index >= 15 is 0 Å². The first-order chi connectivity index (χ1) is 24.7. The Balaban J connectivity index is 0.00000374. The molecule has 0 N–H and O–H groups in total. The molecule has 5 aromatic heterocycles. The Kier molecular flexibility index (Phi) is 8.39. The van der Waals surface area contributed by atoms with Gasteiger partial charge in [-0.05, 0) is 47.3 Å². The summed E-state index contributed by atoms with van der Waals surface area (Å²) in [5.41, 5.74) is 6.39. The van der Waals surface area contributed by atoms with Crippen molar-refractivity contribution >= 4 is 21.8 Å². The fraction of sp³-hybridized carbons (Fsp3) is 0.0256. The normalized spacial score (nSPS) is 11.1. The van der Waals surface area contributed by atoms with Gasteiger partial charge in [-0.25, -0.2) is 34.9 Å². The van der Waals surface area contributed by atoms with Crippen molar-refractivity contribution < 1.29 is 25.8 Å². The van der Waals surface area contributed by atoms with Gasteiger partial charge in [0.2, 0.25) is 0 Å². The van der Waals surface area contributed by atoms with Gasteiger partial charge in [0, 0.05) is 28.8 Å². The molecule has 0 aliphatic rings. The van der Waals surface area contributed by atoms with Crippen LogP contribution in [0.25, 0.3) is 67.5 Å². The van der Waals surface area contributed by atoms with Gasteiger partial charge in [0.1, 0.15) is 42.5 Å². The molecule has 0 aliphatic heterocycles. The van der Waals surface area contributed by atoms with Crippen LogP contribution in [-0.4, -0.2) is 49.2 Å². The predicted octanol–water partition coefficient (Wildman–Crippen LogP) is 7.43. The van der Waals surface area contributed by atoms with Crippen LogP contribution < -0.4 is 4.74 Å². The van der Waals surface area contributed by atoms with Crippen molar-refractivity contribution in [3.05, 3.63) is 146 Å². The summed E-state index contributed by atoms with van der Waals surface area (Å²) < 4.78 is 10.3. The summed E-state index contributed by atoms with van der Waals surface area (Å²) in [5.74, 6) is 2.63. The van der Waals surface area contributed by atoms with E-state index in [1.807, 2.05) is 79.0 Å². The maximum atomic E-state index is 6.45. The molecular formula is C39H24N10OPt. The van der Waals surface area contributed by atoms with Crippen LogP contribution in [0.5, 0.6) is 11.5 Å². The van der Waals surface area contributed by atoms with Gasteiger partial charge in [0.15, 0.2) is 11.6 Å². The molecule has 0 radical (unpaired) electrons. The standard InChI is InChI=1S/C39H24N10O.Pt/c1-25-16-17-42-34(18-25)48-32-13-6-5-12-30(32)31-15-14-29(20-33(31)48)50-28-11-7-10-27(19-28)49-37(39-45-23-41-24-46-39)35(26-8-3-2-4-9-26)36(47-49)38-43-21-40-22-44-38;/h2-18,21-24H,1H3;/q-2;+2. The molecule has 11 nitrogen and oxygen atoms in total. The van der Waals surface area contributed by atoms with Crippen molar-refractivity contribution in [2.45, 2.75) is 6.92 Å². The fourth-order valence-corrected chi connectivity index (χ4v) is 6.11. The molecule has 4 aromatic carbocycles. The molecule has 0 spiro atoms. The number of pyridine rings is 1. The number of aryl methyl sites for hydroxylation is 1. The zero-order chi connectivity index (χ0) is 33.4. The summed E-state index contributed by atoms with van der Waals surface area (Å²) in [6.07, 6.45) is 7.62. The fourth-order valence-electron chi connectivity index (χ4n) is 6.11. The van der Waals surface area contributed by atoms with Crippen LogP contribution in [0, 0.1) is 19.1 Å². The Hall–Kier alpha value is -6.45. The van der Waals surface area contributed by atoms with Crippen LogP contribution in [0.1, 0.15) is 5.56 Å². The molecule has 0 amide bonds. The van der Waals surface area contributed by atoms with Gasteiger partial charge in [-0.15, -0.1) is 35.7 Å². The summed E-state index contributed by atoms with van der Waals surface area (Å²) in [7, 11) is 0. The molecule has 51 heavy (non-hydrogen) atoms. The Bertz CT molecular complexity index is 2650. The average Bonchev–Trinajstić information content (AvgIpc) is 3.73. The van der Waals surface area contributed by atoms with Crippen LogP contribution in [0.4, 0.5) is 0 Å². The summed E-state index contributed by atoms with van der Waals surface area (Å²) in [5, 5.41) is 7.18. The van der Waals surface area contributed by atoms with Crippen molar-refractivity contribution in [3.8, 4) is 57.2 Å². The first kappa shape index (κ1) is 31.8. The predicted molar refractivity (Wildman–Crippen MR) is 188 cm³/mol. The molecular weight excluding hydrogens is 820 g/mol. The molecule has 0 bridgehead atoms. The van der Waals surface area contributed by atoms with E-state index in [0.29, 0.717) is 40.2 Å². The Labute approximate surface area is 306 Å². The summed E-state index contributed by atoms with van der Waals surface area (Å²) in [6.45, 7) is 2.06. The minimum absolute atomic E-state index is 0. The van der Waals surface area contributed by atoms with E-state index in [1.165, 1.54) is 25.3 Å². The Morgan fingerprint density at radius 2 is 1.37 bits per heavy atom. The second-order valence-corrected chi connectivity index (χ2v) is 11.4. The van der Waals surface area contributed by atoms with Crippen molar-refractivity contribution in [2.24, 2.45) is 0 Å². The number of ether oxygens (including phenoxy) is 1. The van der Waals surface area contributed by atoms with E-state index in [1.54, 1.807) is 4.68 Å². The van der Waals surface area contributed by atoms with E-state index in [-0.39, 0.29) is 21.1 Å². The minimum atomic E-state index is 0. The summed E-state index contributed by atoms with van der Waals surface area (Å²) >= 11 is 0. The zero-order valence-corrected chi connectivity index (χ0v) is 29.1. The molecule has 0 fully saturated rings. The monoisotopic (exact) mass is 843 g/mol. The smallest absolute Gasteiger partial charge is 0.509 e. The van der Waals surface area contributed by atoms with Gasteiger partial charge in [0.25, 0.3) is 0 Å². The van der Waals surface area contributed by atoms with E-state index in [2.05, 4.69) is 82.8 Å². The van der Waals surface area contributed by atoms with Crippen molar-refractivity contribution in [2.75, 3.05) is 0 Å². The molecule has 0 saturated heterocycles. The molecule has 0 atom stereocenters. The number of benzene rings is 4. The average molecular weight is 844 g/mol. The Morgan fingerprint density at radius 1 is 0.647 bits per heavy atom. The molecule has 0 saturated carbocycles. The van der Waals surface area contributed by atoms with Gasteiger partial charge in [-0.3, -0.25) is 4.68 Å². The molecule has 9 rings (SSSR count). The molecule has 9 aromatic rings. The third kappa shape index (κ3) is 5.83. The van der Waals surface area contributed by atoms with E-state index in [9.17, 15) is 0 Å². The third-order valence-electron chi connectivity index (χ3n) is 8.25. The number of para-hydroxylation sites is 1. The van der Waals surface area contributed by atoms with Crippen molar-refractivity contribution in [1.29, 1.82) is 0 Å². The van der Waals surface area contributed by atoms with Gasteiger partial charge in [-0.2, -0.15) is 17.2 Å². The quantitative estimate of drug-likeness (QED) is 0.151. The van der Waals surface area contributed by atoms with Crippen molar-refractivity contribution in [1.82, 2.24) is 49.2 Å². The van der Waals surface area contributed by atoms with E-state index in [4.69, 9.17) is 9.84 Å². The topological polar surface area (TPSA) is 122 Å². The molecule has 5 heterocycles. The van der Waals surface area contributed by atoms with Crippen molar-refractivity contribution in [3.63, 3.8) is 0 Å². The summed E-state index contributed by atoms with van der Waals surface area (Å²) in [6, 6.07) is 38.7. The minimum Gasteiger partial charge on any atom is -0.509 e. The summed E-state index contributed by atoms with van der Waals surface area (Å²) in [4.78, 5) is 30.6. The second kappa shape index (κ2) is 13.5. The number of hydrogen-bond acceptors (Lipinski definition) is 9. The number of rotatable bonds is 7. The van der Waals surface area contributed by atoms with Gasteiger partial charge in [0.05, 0.1) is 0 Å². The van der Waals surface area contributed by atoms with Crippen LogP contribution in [-0.2, 0) is 21.1 Å². The third-order valence-corrected chi connectivity index (χ3v) is 8.25. The number of nitrogens with zero attached hydrogens (tertiary/aromatic N) is 10. The number of fused-ring (bicyclic) bond motifs is 3. The zero-order valence-electron chi connectivity index (χ0n) is 26.8. The molecule has 12 heteroatoms. The van der Waals surface area contributed by atoms with Gasteiger partial charge < -0.3 is 9.30 Å². The van der Waals surface area contributed by atoms with Crippen LogP contribution in [0.15, 0.2) is 129 Å². The SMILES string of the molecule is Cc1ccnc(-n2c3[c-]c(Oc4[c-]c(-n5nc(-c6ncncn6)c(-c6ccccc6)c5-c5ncncn5)ccc4)ccc3c3ccccc32)c1.[Pt+2]. The van der Waals surface area contributed by atoms with Crippen LogP contribution >= 0.6 is 0 Å². The van der Waals surface area contributed by atoms with Gasteiger partial charge >= 0.3 is 21.1 Å². The maximum absolute atomic E-state index is 6.45. The second-order valence-electron chi connectivity index (χ2n) is 11.4. The maximum Gasteiger partial charge on any atom is 2.00 e. The van der Waals surface area contributed by atoms with E-state index in [0.717, 1.165) is 44.3 Å². The molecule has 0 aliphatic carbocycles. The Morgan fingerprint density at radius 3 is 2.16 bits per heavy atom. The largest absolute Gasteiger partial charge is 2.00 e.